The molecule has 0 unspecified atom stereocenters. The van der Waals surface area contributed by atoms with E-state index >= 15 is 0 Å². The number of carbonyl (C=O) groups excluding carboxylic acids is 1. The third-order valence-electron chi connectivity index (χ3n) is 6.09. The summed E-state index contributed by atoms with van der Waals surface area (Å²) in [6.45, 7) is 2.00. The first-order valence-electron chi connectivity index (χ1n) is 11.7. The van der Waals surface area contributed by atoms with E-state index in [2.05, 4.69) is 16.4 Å². The van der Waals surface area contributed by atoms with E-state index in [0.29, 0.717) is 17.7 Å². The molecule has 0 aliphatic heterocycles. The van der Waals surface area contributed by atoms with Crippen LogP contribution in [0.15, 0.2) is 79.1 Å². The zero-order chi connectivity index (χ0) is 25.5. The molecule has 0 aliphatic rings. The number of pyridine rings is 1. The van der Waals surface area contributed by atoms with Crippen LogP contribution in [0.3, 0.4) is 0 Å². The molecule has 0 saturated heterocycles. The van der Waals surface area contributed by atoms with E-state index < -0.39 is 17.9 Å². The molecule has 3 aromatic carbocycles. The van der Waals surface area contributed by atoms with Gasteiger partial charge in [0.05, 0.1) is 0 Å². The van der Waals surface area contributed by atoms with Gasteiger partial charge in [0.15, 0.2) is 0 Å². The van der Waals surface area contributed by atoms with Gasteiger partial charge in [-0.2, -0.15) is 11.8 Å². The summed E-state index contributed by atoms with van der Waals surface area (Å²) in [6.07, 6.45) is 9.99. The second-order valence-electron chi connectivity index (χ2n) is 8.55. The van der Waals surface area contributed by atoms with Gasteiger partial charge in [-0.15, -0.1) is 0 Å². The van der Waals surface area contributed by atoms with Gasteiger partial charge in [-0.25, -0.2) is 4.79 Å². The Labute approximate surface area is 233 Å². The molecule has 0 saturated carbocycles. The number of benzene rings is 3. The standard InChI is InChI=1S/C30H28N2O3S.Li.H/c1-20-7-3-5-9-24(20)27-17-21(11-13-23-19-31-18-22-8-4-6-10-25(22)23)12-14-26(27)29(33)32-28(30(34)35)15-16-36-2;;/h3-14,17-19,28H,15-16H2,1-2H3,(H,32,33)(H,34,35);;/t28-;;/m0../s1. The molecule has 1 aromatic heterocycles. The van der Waals surface area contributed by atoms with Gasteiger partial charge >= 0.3 is 24.8 Å². The summed E-state index contributed by atoms with van der Waals surface area (Å²) in [5.41, 5.74) is 5.10. The Hall–Kier alpha value is -3.30. The number of fused-ring (bicyclic) bond motifs is 1. The number of amides is 1. The second-order valence-corrected chi connectivity index (χ2v) is 9.53. The molecule has 37 heavy (non-hydrogen) atoms. The van der Waals surface area contributed by atoms with E-state index in [1.54, 1.807) is 17.8 Å². The summed E-state index contributed by atoms with van der Waals surface area (Å²) >= 11 is 1.55. The number of carboxylic acid groups (broad SMARTS) is 1. The van der Waals surface area contributed by atoms with E-state index in [9.17, 15) is 14.7 Å². The van der Waals surface area contributed by atoms with E-state index in [-0.39, 0.29) is 18.9 Å². The average Bonchev–Trinajstić information content (AvgIpc) is 2.89. The van der Waals surface area contributed by atoms with Crippen LogP contribution >= 0.6 is 11.8 Å². The molecule has 0 bridgehead atoms. The number of rotatable bonds is 9. The van der Waals surface area contributed by atoms with E-state index in [1.807, 2.05) is 92.3 Å². The van der Waals surface area contributed by atoms with Crippen LogP contribution in [0.4, 0.5) is 0 Å². The second kappa shape index (κ2) is 13.3. The van der Waals surface area contributed by atoms with Crippen LogP contribution in [0.5, 0.6) is 0 Å². The van der Waals surface area contributed by atoms with Crippen LogP contribution < -0.4 is 5.32 Å². The third-order valence-corrected chi connectivity index (χ3v) is 6.74. The van der Waals surface area contributed by atoms with Crippen molar-refractivity contribution in [3.05, 3.63) is 101 Å². The van der Waals surface area contributed by atoms with E-state index in [4.69, 9.17) is 0 Å². The molecule has 7 heteroatoms. The van der Waals surface area contributed by atoms with Crippen molar-refractivity contribution >= 4 is 65.4 Å². The fourth-order valence-corrected chi connectivity index (χ4v) is 4.62. The van der Waals surface area contributed by atoms with Crippen molar-refractivity contribution in [1.82, 2.24) is 10.3 Å². The zero-order valence-electron chi connectivity index (χ0n) is 20.3. The predicted molar refractivity (Wildman–Crippen MR) is 156 cm³/mol. The first-order valence-corrected chi connectivity index (χ1v) is 13.1. The molecule has 1 heterocycles. The summed E-state index contributed by atoms with van der Waals surface area (Å²) < 4.78 is 0. The van der Waals surface area contributed by atoms with Gasteiger partial charge < -0.3 is 10.4 Å². The molecule has 4 rings (SSSR count). The summed E-state index contributed by atoms with van der Waals surface area (Å²) in [7, 11) is 0. The number of carbonyl (C=O) groups is 2. The summed E-state index contributed by atoms with van der Waals surface area (Å²) in [6, 6.07) is 20.7. The molecular weight excluding hydrogens is 475 g/mol. The number of nitrogens with zero attached hydrogens (tertiary/aromatic N) is 1. The molecule has 4 aromatic rings. The third kappa shape index (κ3) is 6.93. The number of nitrogens with one attached hydrogen (secondary N) is 1. The first kappa shape index (κ1) is 28.3. The molecule has 0 spiro atoms. The molecule has 0 fully saturated rings. The van der Waals surface area contributed by atoms with Crippen LogP contribution in [0.2, 0.25) is 0 Å². The van der Waals surface area contributed by atoms with Crippen molar-refractivity contribution < 1.29 is 14.7 Å². The zero-order valence-corrected chi connectivity index (χ0v) is 21.1. The van der Waals surface area contributed by atoms with Gasteiger partial charge in [0.25, 0.3) is 5.91 Å². The number of thioether (sulfide) groups is 1. The maximum atomic E-state index is 13.3. The summed E-state index contributed by atoms with van der Waals surface area (Å²) in [4.78, 5) is 29.3. The number of hydrogen-bond acceptors (Lipinski definition) is 4. The molecule has 0 aliphatic carbocycles. The number of aryl methyl sites for hydroxylation is 1. The quantitative estimate of drug-likeness (QED) is 0.287. The molecular formula is C30H29LiN2O3S. The maximum absolute atomic E-state index is 13.3. The van der Waals surface area contributed by atoms with Gasteiger partial charge in [-0.1, -0.05) is 66.7 Å². The Morgan fingerprint density at radius 1 is 1.00 bits per heavy atom. The first-order chi connectivity index (χ1) is 17.5. The van der Waals surface area contributed by atoms with Crippen molar-refractivity contribution in [1.29, 1.82) is 0 Å². The number of carboxylic acids is 1. The fraction of sp³-hybridized carbons (Fsp3) is 0.167. The van der Waals surface area contributed by atoms with E-state index in [1.165, 1.54) is 0 Å². The van der Waals surface area contributed by atoms with Crippen molar-refractivity contribution in [2.75, 3.05) is 12.0 Å². The number of aromatic nitrogens is 1. The van der Waals surface area contributed by atoms with Crippen molar-refractivity contribution in [3.8, 4) is 11.1 Å². The molecule has 1 atom stereocenters. The van der Waals surface area contributed by atoms with Gasteiger partial charge in [0, 0.05) is 28.9 Å². The van der Waals surface area contributed by atoms with Crippen LogP contribution in [-0.2, 0) is 4.79 Å². The monoisotopic (exact) mass is 504 g/mol. The predicted octanol–water partition coefficient (Wildman–Crippen LogP) is 5.67. The number of aliphatic carboxylic acids is 1. The Morgan fingerprint density at radius 2 is 1.76 bits per heavy atom. The van der Waals surface area contributed by atoms with Crippen LogP contribution in [0, 0.1) is 6.92 Å². The Balaban J connectivity index is 0.00000380. The van der Waals surface area contributed by atoms with Crippen molar-refractivity contribution in [2.24, 2.45) is 0 Å². The Kier molecular flexibility index (Phi) is 10.2. The van der Waals surface area contributed by atoms with E-state index in [0.717, 1.165) is 38.6 Å². The van der Waals surface area contributed by atoms with Gasteiger partial charge in [0.2, 0.25) is 0 Å². The molecule has 5 nitrogen and oxygen atoms in total. The Bertz CT molecular complexity index is 1430. The fourth-order valence-electron chi connectivity index (χ4n) is 4.15. The van der Waals surface area contributed by atoms with Crippen LogP contribution in [-0.4, -0.2) is 58.9 Å². The number of hydrogen-bond donors (Lipinski definition) is 2. The molecule has 1 amide bonds. The SMILES string of the molecule is CSCC[C@H](NC(=O)c1ccc(C=Cc2cncc3ccccc23)cc1-c1ccccc1C)C(=O)O.[LiH]. The summed E-state index contributed by atoms with van der Waals surface area (Å²) in [5, 5.41) is 14.5. The summed E-state index contributed by atoms with van der Waals surface area (Å²) in [5.74, 6) is -0.775. The topological polar surface area (TPSA) is 79.3 Å². The molecule has 2 N–H and O–H groups in total. The van der Waals surface area contributed by atoms with Crippen molar-refractivity contribution in [3.63, 3.8) is 0 Å². The average molecular weight is 505 g/mol. The minimum absolute atomic E-state index is 0. The molecule has 0 radical (unpaired) electrons. The van der Waals surface area contributed by atoms with Crippen LogP contribution in [0.1, 0.15) is 33.5 Å². The Morgan fingerprint density at radius 3 is 2.51 bits per heavy atom. The van der Waals surface area contributed by atoms with Crippen molar-refractivity contribution in [2.45, 2.75) is 19.4 Å². The molecule has 184 valence electrons. The minimum atomic E-state index is -1.03. The van der Waals surface area contributed by atoms with Gasteiger partial charge in [-0.05, 0) is 65.1 Å². The van der Waals surface area contributed by atoms with Crippen LogP contribution in [0.25, 0.3) is 34.1 Å². The van der Waals surface area contributed by atoms with Gasteiger partial charge in [-0.3, -0.25) is 9.78 Å². The normalized spacial score (nSPS) is 11.7. The van der Waals surface area contributed by atoms with Gasteiger partial charge in [0.1, 0.15) is 6.04 Å².